The maximum atomic E-state index is 11.3. The first-order chi connectivity index (χ1) is 12.9. The summed E-state index contributed by atoms with van der Waals surface area (Å²) in [4.78, 5) is 17.9. The number of carbonyl (C=O) groups is 1. The number of nitrogens with zero attached hydrogens (tertiary/aromatic N) is 1. The molecule has 6 heteroatoms. The van der Waals surface area contributed by atoms with Crippen molar-refractivity contribution >= 4 is 11.7 Å². The molecule has 3 atom stereocenters. The number of quaternary nitrogens is 1. The molecule has 0 amide bonds. The number of nitrogens with one attached hydrogen (secondary N) is 1. The third kappa shape index (κ3) is 4.26. The van der Waals surface area contributed by atoms with Crippen LogP contribution in [0.3, 0.4) is 0 Å². The van der Waals surface area contributed by atoms with Crippen molar-refractivity contribution in [3.63, 3.8) is 0 Å². The van der Waals surface area contributed by atoms with Crippen molar-refractivity contribution in [3.8, 4) is 11.5 Å². The van der Waals surface area contributed by atoms with E-state index in [1.54, 1.807) is 19.1 Å². The van der Waals surface area contributed by atoms with E-state index in [0.29, 0.717) is 17.9 Å². The lowest BCUT2D eigenvalue weighted by atomic mass is 9.79. The van der Waals surface area contributed by atoms with Gasteiger partial charge in [0.05, 0.1) is 38.9 Å². The minimum atomic E-state index is -0.365. The number of piperidine rings is 1. The third-order valence-corrected chi connectivity index (χ3v) is 5.67. The Morgan fingerprint density at radius 2 is 1.96 bits per heavy atom. The van der Waals surface area contributed by atoms with Crippen LogP contribution < -0.4 is 14.4 Å². The van der Waals surface area contributed by atoms with E-state index in [-0.39, 0.29) is 5.97 Å². The zero-order chi connectivity index (χ0) is 19.6. The first kappa shape index (κ1) is 19.7. The van der Waals surface area contributed by atoms with Crippen molar-refractivity contribution in [3.05, 3.63) is 23.3 Å². The smallest absolute Gasteiger partial charge is 0.331 e. The summed E-state index contributed by atoms with van der Waals surface area (Å²) in [6.45, 7) is 7.98. The third-order valence-electron chi connectivity index (χ3n) is 5.67. The minimum absolute atomic E-state index is 0.311. The number of carbonyl (C=O) groups excluding carboxylic acids is 1. The first-order valence-electron chi connectivity index (χ1n) is 9.76. The fourth-order valence-electron chi connectivity index (χ4n) is 4.50. The van der Waals surface area contributed by atoms with E-state index in [0.717, 1.165) is 49.6 Å². The monoisotopic (exact) mass is 375 g/mol. The molecule has 1 fully saturated rings. The van der Waals surface area contributed by atoms with Gasteiger partial charge in [0.1, 0.15) is 6.04 Å². The quantitative estimate of drug-likeness (QED) is 0.633. The van der Waals surface area contributed by atoms with Gasteiger partial charge in [-0.15, -0.1) is 0 Å². The van der Waals surface area contributed by atoms with Gasteiger partial charge in [0.15, 0.2) is 11.5 Å². The average Bonchev–Trinajstić information content (AvgIpc) is 2.64. The Bertz CT molecular complexity index is 729. The zero-order valence-electron chi connectivity index (χ0n) is 17.0. The van der Waals surface area contributed by atoms with Gasteiger partial charge in [0.2, 0.25) is 0 Å². The summed E-state index contributed by atoms with van der Waals surface area (Å²) < 4.78 is 11.0. The molecule has 0 spiro atoms. The number of ether oxygens (including phenoxy) is 2. The van der Waals surface area contributed by atoms with Crippen LogP contribution in [0, 0.1) is 11.8 Å². The maximum Gasteiger partial charge on any atom is 0.331 e. The number of hydrogen-bond donors (Lipinski definition) is 1. The topological polar surface area (TPSA) is 61.6 Å². The van der Waals surface area contributed by atoms with Crippen LogP contribution in [0.15, 0.2) is 17.3 Å². The van der Waals surface area contributed by atoms with Gasteiger partial charge in [-0.05, 0) is 30.0 Å². The molecule has 1 unspecified atom stereocenters. The first-order valence-corrected chi connectivity index (χ1v) is 9.76. The van der Waals surface area contributed by atoms with Gasteiger partial charge in [-0.3, -0.25) is 0 Å². The highest BCUT2D eigenvalue weighted by molar-refractivity contribution is 5.88. The predicted octanol–water partition coefficient (Wildman–Crippen LogP) is 2.17. The van der Waals surface area contributed by atoms with Crippen LogP contribution in [-0.2, 0) is 16.1 Å². The van der Waals surface area contributed by atoms with E-state index in [9.17, 15) is 4.79 Å². The van der Waals surface area contributed by atoms with Crippen molar-refractivity contribution in [2.45, 2.75) is 46.1 Å². The summed E-state index contributed by atoms with van der Waals surface area (Å²) >= 11 is 0. The second-order valence-corrected chi connectivity index (χ2v) is 8.02. The Labute approximate surface area is 161 Å². The fraction of sp³-hybridized carbons (Fsp3) is 0.619. The van der Waals surface area contributed by atoms with E-state index >= 15 is 0 Å². The zero-order valence-corrected chi connectivity index (χ0v) is 17.0. The summed E-state index contributed by atoms with van der Waals surface area (Å²) in [5.41, 5.74) is 3.62. The lowest BCUT2D eigenvalue weighted by Crippen LogP contribution is -3.15. The Morgan fingerprint density at radius 3 is 2.59 bits per heavy atom. The van der Waals surface area contributed by atoms with Crippen LogP contribution in [0.4, 0.5) is 0 Å². The number of hydrogen-bond acceptors (Lipinski definition) is 5. The number of rotatable bonds is 5. The molecule has 1 aromatic rings. The minimum Gasteiger partial charge on any atom is -0.493 e. The summed E-state index contributed by atoms with van der Waals surface area (Å²) in [7, 11) is 3.34. The van der Waals surface area contributed by atoms with Crippen molar-refractivity contribution in [1.29, 1.82) is 0 Å². The van der Waals surface area contributed by atoms with Crippen molar-refractivity contribution in [2.24, 2.45) is 17.0 Å². The van der Waals surface area contributed by atoms with Gasteiger partial charge < -0.3 is 19.2 Å². The lowest BCUT2D eigenvalue weighted by molar-refractivity contribution is -0.938. The van der Waals surface area contributed by atoms with Gasteiger partial charge in [0.25, 0.3) is 0 Å². The SMILES string of the molecule is COc1cc2c(cc1OC)[C@H]1C/C(=N/OC(C)=O)[C@@H](CC(C)C)C[NH+]1CC2. The van der Waals surface area contributed by atoms with E-state index in [2.05, 4.69) is 31.1 Å². The molecule has 148 valence electrons. The molecule has 2 aliphatic rings. The standard InChI is InChI=1S/C21H30N2O4/c1-13(2)8-16-12-23-7-6-15-9-20(25-4)21(26-5)10-17(15)19(23)11-18(16)22-27-14(3)24/h9-10,13,16,19H,6-8,11-12H2,1-5H3/p+1/b22-18-/t16-,19+/m0/s1. The predicted molar refractivity (Wildman–Crippen MR) is 103 cm³/mol. The number of methoxy groups -OCH3 is 2. The Hall–Kier alpha value is -2.08. The highest BCUT2D eigenvalue weighted by atomic mass is 16.7. The summed E-state index contributed by atoms with van der Waals surface area (Å²) in [6.07, 6.45) is 2.91. The van der Waals surface area contributed by atoms with Crippen LogP contribution in [0.25, 0.3) is 0 Å². The molecule has 0 aliphatic carbocycles. The van der Waals surface area contributed by atoms with Crippen molar-refractivity contribution in [1.82, 2.24) is 0 Å². The molecule has 0 aromatic heterocycles. The Kier molecular flexibility index (Phi) is 6.05. The molecule has 0 bridgehead atoms. The van der Waals surface area contributed by atoms with E-state index in [1.807, 2.05) is 0 Å². The van der Waals surface area contributed by atoms with Crippen LogP contribution in [0.5, 0.6) is 11.5 Å². The molecular weight excluding hydrogens is 344 g/mol. The molecule has 27 heavy (non-hydrogen) atoms. The average molecular weight is 375 g/mol. The largest absolute Gasteiger partial charge is 0.493 e. The summed E-state index contributed by atoms with van der Waals surface area (Å²) in [5.74, 6) is 2.12. The second-order valence-electron chi connectivity index (χ2n) is 8.02. The molecule has 2 aliphatic heterocycles. The molecule has 1 N–H and O–H groups in total. The number of oxime groups is 1. The van der Waals surface area contributed by atoms with Crippen LogP contribution >= 0.6 is 0 Å². The van der Waals surface area contributed by atoms with Crippen molar-refractivity contribution in [2.75, 3.05) is 27.3 Å². The second kappa shape index (κ2) is 8.30. The molecule has 1 saturated heterocycles. The molecule has 3 rings (SSSR count). The van der Waals surface area contributed by atoms with Crippen molar-refractivity contribution < 1.29 is 24.0 Å². The van der Waals surface area contributed by atoms with Crippen LogP contribution in [-0.4, -0.2) is 39.0 Å². The highest BCUT2D eigenvalue weighted by Gasteiger charge is 2.41. The van der Waals surface area contributed by atoms with Gasteiger partial charge >= 0.3 is 5.97 Å². The molecular formula is C21H31N2O4+. The van der Waals surface area contributed by atoms with E-state index < -0.39 is 0 Å². The van der Waals surface area contributed by atoms with Gasteiger partial charge in [-0.2, -0.15) is 0 Å². The van der Waals surface area contributed by atoms with Crippen LogP contribution in [0.2, 0.25) is 0 Å². The molecule has 0 radical (unpaired) electrons. The van der Waals surface area contributed by atoms with Gasteiger partial charge in [0, 0.05) is 25.3 Å². The molecule has 2 heterocycles. The Morgan fingerprint density at radius 1 is 1.26 bits per heavy atom. The highest BCUT2D eigenvalue weighted by Crippen LogP contribution is 2.36. The van der Waals surface area contributed by atoms with Gasteiger partial charge in [-0.1, -0.05) is 19.0 Å². The summed E-state index contributed by atoms with van der Waals surface area (Å²) in [6, 6.07) is 4.53. The normalized spacial score (nSPS) is 25.7. The fourth-order valence-corrected chi connectivity index (χ4v) is 4.50. The molecule has 6 nitrogen and oxygen atoms in total. The molecule has 1 aromatic carbocycles. The molecule has 0 saturated carbocycles. The van der Waals surface area contributed by atoms with Crippen LogP contribution in [0.1, 0.15) is 50.8 Å². The number of fused-ring (bicyclic) bond motifs is 3. The van der Waals surface area contributed by atoms with Gasteiger partial charge in [-0.25, -0.2) is 4.79 Å². The summed E-state index contributed by atoms with van der Waals surface area (Å²) in [5, 5.41) is 4.26. The van der Waals surface area contributed by atoms with E-state index in [4.69, 9.17) is 14.3 Å². The maximum absolute atomic E-state index is 11.3. The number of benzene rings is 1. The Balaban J connectivity index is 1.93. The van der Waals surface area contributed by atoms with E-state index in [1.165, 1.54) is 18.1 Å². The lowest BCUT2D eigenvalue weighted by Gasteiger charge is -2.41.